The summed E-state index contributed by atoms with van der Waals surface area (Å²) in [4.78, 5) is 2.38. The maximum absolute atomic E-state index is 10.4. The third-order valence-corrected chi connectivity index (χ3v) is 4.61. The van der Waals surface area contributed by atoms with Crippen LogP contribution in [0.2, 0.25) is 0 Å². The first-order valence-electron chi connectivity index (χ1n) is 7.52. The average molecular weight is 265 g/mol. The molecule has 0 aromatic heterocycles. The van der Waals surface area contributed by atoms with E-state index < -0.39 is 0 Å². The lowest BCUT2D eigenvalue weighted by atomic mass is 10.0. The molecule has 20 heavy (non-hydrogen) atoms. The van der Waals surface area contributed by atoms with Crippen molar-refractivity contribution in [2.24, 2.45) is 0 Å². The van der Waals surface area contributed by atoms with Crippen LogP contribution in [0.3, 0.4) is 0 Å². The van der Waals surface area contributed by atoms with E-state index in [1.54, 1.807) is 0 Å². The number of aromatic hydroxyl groups is 1. The molecule has 1 aliphatic heterocycles. The molecule has 1 fully saturated rings. The fourth-order valence-corrected chi connectivity index (χ4v) is 3.65. The summed E-state index contributed by atoms with van der Waals surface area (Å²) in [6, 6.07) is 12.5. The van der Waals surface area contributed by atoms with E-state index in [1.807, 2.05) is 6.07 Å². The third kappa shape index (κ3) is 1.71. The molecule has 0 amide bonds. The maximum atomic E-state index is 10.4. The topological polar surface area (TPSA) is 23.5 Å². The van der Waals surface area contributed by atoms with Crippen molar-refractivity contribution in [3.8, 4) is 16.9 Å². The zero-order valence-electron chi connectivity index (χ0n) is 11.6. The van der Waals surface area contributed by atoms with Crippen LogP contribution in [0, 0.1) is 0 Å². The second kappa shape index (κ2) is 4.55. The van der Waals surface area contributed by atoms with Crippen LogP contribution < -0.4 is 4.90 Å². The first kappa shape index (κ1) is 11.8. The summed E-state index contributed by atoms with van der Waals surface area (Å²) >= 11 is 0. The van der Waals surface area contributed by atoms with Gasteiger partial charge in [-0.25, -0.2) is 0 Å². The Morgan fingerprint density at radius 2 is 1.65 bits per heavy atom. The van der Waals surface area contributed by atoms with Gasteiger partial charge in [0, 0.05) is 19.5 Å². The summed E-state index contributed by atoms with van der Waals surface area (Å²) in [5, 5.41) is 10.4. The molecule has 0 atom stereocenters. The van der Waals surface area contributed by atoms with Gasteiger partial charge in [0.15, 0.2) is 0 Å². The van der Waals surface area contributed by atoms with Gasteiger partial charge in [-0.15, -0.1) is 0 Å². The second-order valence-corrected chi connectivity index (χ2v) is 5.84. The molecular weight excluding hydrogens is 246 g/mol. The standard InChI is InChI=1S/C18H19NO/c20-17-9-8-15-14-7-3-2-6-13(14)12-16(15)18(17)19-10-4-1-5-11-19/h2-3,6-9,20H,1,4-5,10-12H2. The summed E-state index contributed by atoms with van der Waals surface area (Å²) in [6.45, 7) is 2.14. The van der Waals surface area contributed by atoms with E-state index in [4.69, 9.17) is 0 Å². The Balaban J connectivity index is 1.85. The number of benzene rings is 2. The minimum Gasteiger partial charge on any atom is -0.506 e. The van der Waals surface area contributed by atoms with Gasteiger partial charge < -0.3 is 10.0 Å². The van der Waals surface area contributed by atoms with Crippen LogP contribution >= 0.6 is 0 Å². The highest BCUT2D eigenvalue weighted by Gasteiger charge is 2.26. The lowest BCUT2D eigenvalue weighted by molar-refractivity contribution is 0.469. The van der Waals surface area contributed by atoms with Crippen molar-refractivity contribution in [2.45, 2.75) is 25.7 Å². The summed E-state index contributed by atoms with van der Waals surface area (Å²) in [5.74, 6) is 0.443. The fourth-order valence-electron chi connectivity index (χ4n) is 3.65. The number of rotatable bonds is 1. The minimum atomic E-state index is 0.443. The molecule has 0 saturated carbocycles. The highest BCUT2D eigenvalue weighted by Crippen LogP contribution is 2.45. The zero-order chi connectivity index (χ0) is 13.5. The van der Waals surface area contributed by atoms with Crippen LogP contribution in [0.25, 0.3) is 11.1 Å². The number of phenolic OH excluding ortho intramolecular Hbond substituents is 1. The molecule has 0 unspecified atom stereocenters. The van der Waals surface area contributed by atoms with Crippen molar-refractivity contribution in [1.82, 2.24) is 0 Å². The van der Waals surface area contributed by atoms with Gasteiger partial charge in [0.1, 0.15) is 5.75 Å². The van der Waals surface area contributed by atoms with Crippen molar-refractivity contribution in [3.63, 3.8) is 0 Å². The van der Waals surface area contributed by atoms with Crippen LogP contribution in [0.15, 0.2) is 36.4 Å². The molecule has 2 aromatic carbocycles. The van der Waals surface area contributed by atoms with Crippen molar-refractivity contribution in [2.75, 3.05) is 18.0 Å². The van der Waals surface area contributed by atoms with Gasteiger partial charge in [0.25, 0.3) is 0 Å². The van der Waals surface area contributed by atoms with E-state index in [0.29, 0.717) is 5.75 Å². The first-order chi connectivity index (χ1) is 9.84. The van der Waals surface area contributed by atoms with E-state index in [2.05, 4.69) is 35.2 Å². The van der Waals surface area contributed by atoms with Crippen molar-refractivity contribution in [1.29, 1.82) is 0 Å². The SMILES string of the molecule is Oc1ccc2c(c1N1CCCCC1)Cc1ccccc1-2. The quantitative estimate of drug-likeness (QED) is 0.720. The molecular formula is C18H19NO. The van der Waals surface area contributed by atoms with E-state index in [1.165, 1.54) is 41.5 Å². The normalized spacial score (nSPS) is 16.9. The summed E-state index contributed by atoms with van der Waals surface area (Å²) in [5.41, 5.74) is 6.41. The lowest BCUT2D eigenvalue weighted by Crippen LogP contribution is -2.30. The van der Waals surface area contributed by atoms with Crippen LogP contribution in [-0.4, -0.2) is 18.2 Å². The Morgan fingerprint density at radius 3 is 2.50 bits per heavy atom. The molecule has 0 bridgehead atoms. The number of phenols is 1. The van der Waals surface area contributed by atoms with Gasteiger partial charge in [0.2, 0.25) is 0 Å². The Labute approximate surface area is 119 Å². The Kier molecular flexibility index (Phi) is 2.69. The number of hydrogen-bond acceptors (Lipinski definition) is 2. The molecule has 1 heterocycles. The summed E-state index contributed by atoms with van der Waals surface area (Å²) in [6.07, 6.45) is 4.73. The number of nitrogens with zero attached hydrogens (tertiary/aromatic N) is 1. The van der Waals surface area contributed by atoms with Crippen LogP contribution in [-0.2, 0) is 6.42 Å². The molecule has 2 heteroatoms. The molecule has 2 aliphatic rings. The number of piperidine rings is 1. The van der Waals surface area contributed by atoms with Gasteiger partial charge in [-0.3, -0.25) is 0 Å². The molecule has 1 N–H and O–H groups in total. The predicted molar refractivity (Wildman–Crippen MR) is 82.4 cm³/mol. The number of fused-ring (bicyclic) bond motifs is 3. The zero-order valence-corrected chi connectivity index (χ0v) is 11.6. The summed E-state index contributed by atoms with van der Waals surface area (Å²) in [7, 11) is 0. The van der Waals surface area contributed by atoms with Crippen molar-refractivity contribution >= 4 is 5.69 Å². The van der Waals surface area contributed by atoms with Gasteiger partial charge in [-0.1, -0.05) is 30.3 Å². The van der Waals surface area contributed by atoms with Gasteiger partial charge >= 0.3 is 0 Å². The van der Waals surface area contributed by atoms with E-state index >= 15 is 0 Å². The molecule has 4 rings (SSSR count). The van der Waals surface area contributed by atoms with Gasteiger partial charge in [0.05, 0.1) is 5.69 Å². The van der Waals surface area contributed by atoms with Crippen LogP contribution in [0.5, 0.6) is 5.75 Å². The van der Waals surface area contributed by atoms with Gasteiger partial charge in [-0.05, 0) is 47.6 Å². The Morgan fingerprint density at radius 1 is 0.850 bits per heavy atom. The fraction of sp³-hybridized carbons (Fsp3) is 0.333. The summed E-state index contributed by atoms with van der Waals surface area (Å²) < 4.78 is 0. The maximum Gasteiger partial charge on any atom is 0.139 e. The van der Waals surface area contributed by atoms with E-state index in [9.17, 15) is 5.11 Å². The monoisotopic (exact) mass is 265 g/mol. The molecule has 0 spiro atoms. The van der Waals surface area contributed by atoms with Crippen molar-refractivity contribution in [3.05, 3.63) is 47.5 Å². The molecule has 2 nitrogen and oxygen atoms in total. The minimum absolute atomic E-state index is 0.443. The Hall–Kier alpha value is -1.96. The molecule has 0 radical (unpaired) electrons. The average Bonchev–Trinajstić information content (AvgIpc) is 2.86. The third-order valence-electron chi connectivity index (χ3n) is 4.61. The van der Waals surface area contributed by atoms with E-state index in [-0.39, 0.29) is 0 Å². The predicted octanol–water partition coefficient (Wildman–Crippen LogP) is 3.95. The van der Waals surface area contributed by atoms with Crippen LogP contribution in [0.1, 0.15) is 30.4 Å². The van der Waals surface area contributed by atoms with Gasteiger partial charge in [-0.2, -0.15) is 0 Å². The molecule has 1 saturated heterocycles. The van der Waals surface area contributed by atoms with E-state index in [0.717, 1.165) is 25.2 Å². The smallest absolute Gasteiger partial charge is 0.139 e. The first-order valence-corrected chi connectivity index (χ1v) is 7.52. The highest BCUT2D eigenvalue weighted by molar-refractivity contribution is 5.84. The molecule has 2 aromatic rings. The number of anilines is 1. The molecule has 1 aliphatic carbocycles. The van der Waals surface area contributed by atoms with Crippen LogP contribution in [0.4, 0.5) is 5.69 Å². The lowest BCUT2D eigenvalue weighted by Gasteiger charge is -2.31. The largest absolute Gasteiger partial charge is 0.506 e. The second-order valence-electron chi connectivity index (χ2n) is 5.84. The van der Waals surface area contributed by atoms with Crippen molar-refractivity contribution < 1.29 is 5.11 Å². The molecule has 102 valence electrons. The Bertz CT molecular complexity index is 656. The number of hydrogen-bond donors (Lipinski definition) is 1. The highest BCUT2D eigenvalue weighted by atomic mass is 16.3.